The summed E-state index contributed by atoms with van der Waals surface area (Å²) < 4.78 is 37.4. The van der Waals surface area contributed by atoms with Crippen LogP contribution in [0.2, 0.25) is 0 Å². The molecule has 1 aromatic rings. The van der Waals surface area contributed by atoms with Gasteiger partial charge in [-0.25, -0.2) is 8.42 Å². The van der Waals surface area contributed by atoms with Crippen LogP contribution in [0.3, 0.4) is 0 Å². The predicted molar refractivity (Wildman–Crippen MR) is 81.1 cm³/mol. The molecule has 1 unspecified atom stereocenters. The van der Waals surface area contributed by atoms with Gasteiger partial charge >= 0.3 is 0 Å². The van der Waals surface area contributed by atoms with Crippen LogP contribution >= 0.6 is 0 Å². The molecule has 0 spiro atoms. The number of nitrogens with zero attached hydrogens (tertiary/aromatic N) is 1. The first-order chi connectivity index (χ1) is 9.93. The highest BCUT2D eigenvalue weighted by Gasteiger charge is 2.34. The fourth-order valence-electron chi connectivity index (χ4n) is 2.58. The van der Waals surface area contributed by atoms with Gasteiger partial charge in [-0.15, -0.1) is 0 Å². The molecule has 2 N–H and O–H groups in total. The van der Waals surface area contributed by atoms with Gasteiger partial charge in [-0.3, -0.25) is 0 Å². The van der Waals surface area contributed by atoms with E-state index in [2.05, 4.69) is 6.92 Å². The van der Waals surface area contributed by atoms with Crippen molar-refractivity contribution >= 4 is 15.7 Å². The summed E-state index contributed by atoms with van der Waals surface area (Å²) in [5, 5.41) is 0. The Morgan fingerprint density at radius 2 is 1.95 bits per heavy atom. The molecule has 6 nitrogen and oxygen atoms in total. The summed E-state index contributed by atoms with van der Waals surface area (Å²) in [6.45, 7) is 3.16. The van der Waals surface area contributed by atoms with E-state index in [9.17, 15) is 8.42 Å². The van der Waals surface area contributed by atoms with Gasteiger partial charge in [-0.2, -0.15) is 4.31 Å². The molecule has 118 valence electrons. The van der Waals surface area contributed by atoms with Gasteiger partial charge in [-0.05, 0) is 18.4 Å². The summed E-state index contributed by atoms with van der Waals surface area (Å²) in [4.78, 5) is 0.0973. The second kappa shape index (κ2) is 6.11. The minimum Gasteiger partial charge on any atom is -0.495 e. The Balaban J connectivity index is 2.42. The van der Waals surface area contributed by atoms with Gasteiger partial charge in [0.05, 0.1) is 19.9 Å². The summed E-state index contributed by atoms with van der Waals surface area (Å²) in [6.07, 6.45) is 1.87. The average Bonchev–Trinajstić information content (AvgIpc) is 2.96. The lowest BCUT2D eigenvalue weighted by molar-refractivity contribution is 0.384. The highest BCUT2D eigenvalue weighted by atomic mass is 32.2. The minimum atomic E-state index is -3.60. The number of rotatable bonds is 5. The summed E-state index contributed by atoms with van der Waals surface area (Å²) in [5.41, 5.74) is 6.12. The van der Waals surface area contributed by atoms with Crippen LogP contribution < -0.4 is 15.2 Å². The normalized spacial score (nSPS) is 19.7. The number of methoxy groups -OCH3 is 2. The molecule has 1 heterocycles. The van der Waals surface area contributed by atoms with E-state index < -0.39 is 10.0 Å². The van der Waals surface area contributed by atoms with Gasteiger partial charge in [0, 0.05) is 19.2 Å². The molecule has 1 saturated heterocycles. The Hall–Kier alpha value is -1.47. The predicted octanol–water partition coefficient (Wildman–Crippen LogP) is 1.71. The molecule has 0 aliphatic carbocycles. The van der Waals surface area contributed by atoms with Crippen LogP contribution in [0.5, 0.6) is 11.5 Å². The van der Waals surface area contributed by atoms with Gasteiger partial charge < -0.3 is 15.2 Å². The molecule has 1 aliphatic rings. The van der Waals surface area contributed by atoms with E-state index in [1.807, 2.05) is 0 Å². The first-order valence-corrected chi connectivity index (χ1v) is 8.39. The van der Waals surface area contributed by atoms with Crippen molar-refractivity contribution in [3.05, 3.63) is 12.1 Å². The number of hydrogen-bond acceptors (Lipinski definition) is 5. The Morgan fingerprint density at radius 3 is 2.48 bits per heavy atom. The maximum atomic E-state index is 12.8. The third kappa shape index (κ3) is 2.94. The highest BCUT2D eigenvalue weighted by molar-refractivity contribution is 7.89. The van der Waals surface area contributed by atoms with Crippen LogP contribution in [-0.2, 0) is 10.0 Å². The lowest BCUT2D eigenvalue weighted by Crippen LogP contribution is -2.29. The number of ether oxygens (including phenoxy) is 2. The van der Waals surface area contributed by atoms with E-state index in [0.29, 0.717) is 24.8 Å². The molecule has 2 rings (SSSR count). The fourth-order valence-corrected chi connectivity index (χ4v) is 4.29. The van der Waals surface area contributed by atoms with Crippen molar-refractivity contribution in [1.29, 1.82) is 0 Å². The highest BCUT2D eigenvalue weighted by Crippen LogP contribution is 2.36. The van der Waals surface area contributed by atoms with Gasteiger partial charge in [0.25, 0.3) is 0 Å². The summed E-state index contributed by atoms with van der Waals surface area (Å²) in [7, 11) is -0.688. The Morgan fingerprint density at radius 1 is 1.29 bits per heavy atom. The Kier molecular flexibility index (Phi) is 4.63. The third-order valence-corrected chi connectivity index (χ3v) is 5.85. The van der Waals surface area contributed by atoms with Crippen molar-refractivity contribution in [2.75, 3.05) is 33.0 Å². The van der Waals surface area contributed by atoms with Gasteiger partial charge in [0.15, 0.2) is 0 Å². The van der Waals surface area contributed by atoms with Crippen LogP contribution in [-0.4, -0.2) is 40.0 Å². The monoisotopic (exact) mass is 314 g/mol. The van der Waals surface area contributed by atoms with Crippen molar-refractivity contribution < 1.29 is 17.9 Å². The fraction of sp³-hybridized carbons (Fsp3) is 0.571. The zero-order valence-electron chi connectivity index (χ0n) is 12.6. The molecule has 0 saturated carbocycles. The van der Waals surface area contributed by atoms with E-state index in [-0.39, 0.29) is 16.3 Å². The first-order valence-electron chi connectivity index (χ1n) is 6.95. The lowest BCUT2D eigenvalue weighted by atomic mass is 10.1. The number of nitrogens with two attached hydrogens (primary N) is 1. The number of benzene rings is 1. The molecule has 7 heteroatoms. The van der Waals surface area contributed by atoms with E-state index >= 15 is 0 Å². The maximum absolute atomic E-state index is 12.8. The third-order valence-electron chi connectivity index (χ3n) is 3.96. The quantitative estimate of drug-likeness (QED) is 0.837. The zero-order valence-corrected chi connectivity index (χ0v) is 13.4. The Bertz CT molecular complexity index is 616. The first kappa shape index (κ1) is 15.9. The second-order valence-corrected chi connectivity index (χ2v) is 7.08. The largest absolute Gasteiger partial charge is 0.495 e. The molecular weight excluding hydrogens is 292 g/mol. The lowest BCUT2D eigenvalue weighted by Gasteiger charge is -2.19. The van der Waals surface area contributed by atoms with Crippen molar-refractivity contribution in [2.24, 2.45) is 5.92 Å². The van der Waals surface area contributed by atoms with Crippen molar-refractivity contribution in [1.82, 2.24) is 4.31 Å². The van der Waals surface area contributed by atoms with Crippen molar-refractivity contribution in [2.45, 2.75) is 24.7 Å². The van der Waals surface area contributed by atoms with Crippen LogP contribution in [0.25, 0.3) is 0 Å². The number of nitrogen functional groups attached to an aromatic ring is 1. The SMILES string of the molecule is CCC1CCN(S(=O)(=O)c2cc(N)c(OC)cc2OC)C1. The molecule has 1 atom stereocenters. The molecule has 1 fully saturated rings. The zero-order chi connectivity index (χ0) is 15.6. The van der Waals surface area contributed by atoms with E-state index in [1.54, 1.807) is 0 Å². The molecular formula is C14H22N2O4S. The van der Waals surface area contributed by atoms with Crippen LogP contribution in [0.15, 0.2) is 17.0 Å². The molecule has 21 heavy (non-hydrogen) atoms. The molecule has 1 aliphatic heterocycles. The number of hydrogen-bond donors (Lipinski definition) is 1. The average molecular weight is 314 g/mol. The number of anilines is 1. The van der Waals surface area contributed by atoms with E-state index in [1.165, 1.54) is 30.7 Å². The maximum Gasteiger partial charge on any atom is 0.246 e. The molecule has 0 amide bonds. The van der Waals surface area contributed by atoms with E-state index in [4.69, 9.17) is 15.2 Å². The molecule has 0 aromatic heterocycles. The van der Waals surface area contributed by atoms with E-state index in [0.717, 1.165) is 12.8 Å². The Labute approximate surface area is 125 Å². The van der Waals surface area contributed by atoms with Crippen LogP contribution in [0, 0.1) is 5.92 Å². The van der Waals surface area contributed by atoms with Crippen molar-refractivity contribution in [3.8, 4) is 11.5 Å². The van der Waals surface area contributed by atoms with Crippen LogP contribution in [0.1, 0.15) is 19.8 Å². The topological polar surface area (TPSA) is 81.9 Å². The van der Waals surface area contributed by atoms with Gasteiger partial charge in [0.2, 0.25) is 10.0 Å². The minimum absolute atomic E-state index is 0.0973. The standard InChI is InChI=1S/C14H22N2O4S/c1-4-10-5-6-16(9-10)21(17,18)14-7-11(15)12(19-2)8-13(14)20-3/h7-8,10H,4-6,9,15H2,1-3H3. The van der Waals surface area contributed by atoms with Crippen molar-refractivity contribution in [3.63, 3.8) is 0 Å². The summed E-state index contributed by atoms with van der Waals surface area (Å²) in [5.74, 6) is 1.07. The van der Waals surface area contributed by atoms with Crippen LogP contribution in [0.4, 0.5) is 5.69 Å². The molecule has 1 aromatic carbocycles. The smallest absolute Gasteiger partial charge is 0.246 e. The molecule has 0 radical (unpaired) electrons. The summed E-state index contributed by atoms with van der Waals surface area (Å²) in [6, 6.07) is 2.92. The van der Waals surface area contributed by atoms with Gasteiger partial charge in [0.1, 0.15) is 16.4 Å². The van der Waals surface area contributed by atoms with Gasteiger partial charge in [-0.1, -0.05) is 13.3 Å². The molecule has 0 bridgehead atoms. The summed E-state index contributed by atoms with van der Waals surface area (Å²) >= 11 is 0. The number of sulfonamides is 1. The second-order valence-electron chi connectivity index (χ2n) is 5.17.